The molecule has 1 N–H and O–H groups in total. The number of aryl methyl sites for hydroxylation is 1. The van der Waals surface area contributed by atoms with Crippen molar-refractivity contribution in [2.24, 2.45) is 5.10 Å². The molecule has 138 valence electrons. The molecule has 0 aliphatic carbocycles. The largest absolute Gasteiger partial charge is 0.271 e. The van der Waals surface area contributed by atoms with Gasteiger partial charge in [-0.15, -0.1) is 0 Å². The molecule has 0 saturated carbocycles. The maximum atomic E-state index is 12.1. The topological polar surface area (TPSA) is 78.8 Å². The van der Waals surface area contributed by atoms with Crippen LogP contribution in [0.3, 0.4) is 0 Å². The first-order valence-electron chi connectivity index (χ1n) is 7.48. The van der Waals surface area contributed by atoms with E-state index in [4.69, 9.17) is 23.2 Å². The van der Waals surface area contributed by atoms with E-state index in [1.54, 1.807) is 36.4 Å². The lowest BCUT2D eigenvalue weighted by atomic mass is 10.2. The first-order valence-corrected chi connectivity index (χ1v) is 10.1. The predicted octanol–water partition coefficient (Wildman–Crippen LogP) is 3.22. The number of anilines is 1. The first kappa shape index (κ1) is 20.2. The molecule has 0 saturated heterocycles. The van der Waals surface area contributed by atoms with Crippen molar-refractivity contribution in [3.8, 4) is 0 Å². The molecule has 26 heavy (non-hydrogen) atoms. The molecule has 9 heteroatoms. The molecule has 1 amide bonds. The van der Waals surface area contributed by atoms with Crippen molar-refractivity contribution in [1.82, 2.24) is 5.43 Å². The van der Waals surface area contributed by atoms with Crippen LogP contribution in [0.15, 0.2) is 47.6 Å². The Balaban J connectivity index is 2.08. The average molecular weight is 414 g/mol. The fourth-order valence-electron chi connectivity index (χ4n) is 2.12. The van der Waals surface area contributed by atoms with Gasteiger partial charge in [-0.05, 0) is 42.3 Å². The van der Waals surface area contributed by atoms with E-state index < -0.39 is 15.9 Å². The van der Waals surface area contributed by atoms with E-state index in [0.717, 1.165) is 16.1 Å². The van der Waals surface area contributed by atoms with Gasteiger partial charge in [-0.25, -0.2) is 13.8 Å². The van der Waals surface area contributed by atoms with E-state index in [9.17, 15) is 13.2 Å². The molecule has 0 bridgehead atoms. The van der Waals surface area contributed by atoms with E-state index in [0.29, 0.717) is 21.3 Å². The third-order valence-electron chi connectivity index (χ3n) is 3.32. The van der Waals surface area contributed by atoms with Crippen LogP contribution in [0, 0.1) is 6.92 Å². The van der Waals surface area contributed by atoms with Gasteiger partial charge in [0, 0.05) is 0 Å². The van der Waals surface area contributed by atoms with E-state index in [1.807, 2.05) is 13.0 Å². The molecule has 6 nitrogen and oxygen atoms in total. The number of nitrogens with zero attached hydrogens (tertiary/aromatic N) is 2. The van der Waals surface area contributed by atoms with Crippen LogP contribution in [0.2, 0.25) is 10.0 Å². The van der Waals surface area contributed by atoms with Gasteiger partial charge in [0.2, 0.25) is 10.0 Å². The highest BCUT2D eigenvalue weighted by atomic mass is 35.5. The van der Waals surface area contributed by atoms with Crippen LogP contribution in [-0.2, 0) is 14.8 Å². The van der Waals surface area contributed by atoms with Crippen molar-refractivity contribution in [1.29, 1.82) is 0 Å². The Morgan fingerprint density at radius 1 is 1.19 bits per heavy atom. The Bertz CT molecular complexity index is 946. The number of amides is 1. The highest BCUT2D eigenvalue weighted by molar-refractivity contribution is 7.92. The predicted molar refractivity (Wildman–Crippen MR) is 106 cm³/mol. The molecule has 0 unspecified atom stereocenters. The Kier molecular flexibility index (Phi) is 6.63. The molecule has 0 aliphatic heterocycles. The summed E-state index contributed by atoms with van der Waals surface area (Å²) in [5, 5.41) is 4.59. The number of rotatable bonds is 6. The molecule has 0 heterocycles. The second kappa shape index (κ2) is 8.53. The van der Waals surface area contributed by atoms with Crippen molar-refractivity contribution in [3.05, 3.63) is 63.6 Å². The lowest BCUT2D eigenvalue weighted by Crippen LogP contribution is -2.39. The van der Waals surface area contributed by atoms with Crippen LogP contribution in [0.25, 0.3) is 0 Å². The number of carbonyl (C=O) groups excluding carboxylic acids is 1. The third-order valence-corrected chi connectivity index (χ3v) is 5.20. The second-order valence-electron chi connectivity index (χ2n) is 5.58. The molecule has 2 aromatic rings. The van der Waals surface area contributed by atoms with E-state index in [2.05, 4.69) is 10.5 Å². The molecule has 0 atom stereocenters. The van der Waals surface area contributed by atoms with Gasteiger partial charge in [0.05, 0.1) is 28.2 Å². The van der Waals surface area contributed by atoms with Gasteiger partial charge in [-0.1, -0.05) is 41.4 Å². The summed E-state index contributed by atoms with van der Waals surface area (Å²) in [6.45, 7) is 1.45. The van der Waals surface area contributed by atoms with Gasteiger partial charge < -0.3 is 0 Å². The fourth-order valence-corrected chi connectivity index (χ4v) is 3.28. The summed E-state index contributed by atoms with van der Waals surface area (Å²) in [5.74, 6) is -0.576. The van der Waals surface area contributed by atoms with Crippen LogP contribution >= 0.6 is 23.2 Å². The quantitative estimate of drug-likeness (QED) is 0.583. The normalized spacial score (nSPS) is 11.5. The summed E-state index contributed by atoms with van der Waals surface area (Å²) in [6, 6.07) is 11.8. The number of sulfonamides is 1. The fraction of sp³-hybridized carbons (Fsp3) is 0.176. The lowest BCUT2D eigenvalue weighted by molar-refractivity contribution is -0.119. The molecular formula is C17H17Cl2N3O3S. The number of carbonyl (C=O) groups is 1. The van der Waals surface area contributed by atoms with Crippen molar-refractivity contribution in [2.45, 2.75) is 6.92 Å². The summed E-state index contributed by atoms with van der Waals surface area (Å²) in [7, 11) is -3.63. The number of hydrogen-bond acceptors (Lipinski definition) is 4. The zero-order valence-electron chi connectivity index (χ0n) is 14.1. The van der Waals surface area contributed by atoms with E-state index >= 15 is 0 Å². The van der Waals surface area contributed by atoms with Crippen molar-refractivity contribution >= 4 is 51.0 Å². The van der Waals surface area contributed by atoms with Gasteiger partial charge in [-0.2, -0.15) is 5.10 Å². The smallest absolute Gasteiger partial charge is 0.260 e. The molecule has 2 rings (SSSR count). The molecule has 0 radical (unpaired) electrons. The maximum Gasteiger partial charge on any atom is 0.260 e. The van der Waals surface area contributed by atoms with Gasteiger partial charge in [0.1, 0.15) is 6.54 Å². The van der Waals surface area contributed by atoms with Crippen molar-refractivity contribution in [3.63, 3.8) is 0 Å². The van der Waals surface area contributed by atoms with Gasteiger partial charge >= 0.3 is 0 Å². The summed E-state index contributed by atoms with van der Waals surface area (Å²) >= 11 is 11.7. The molecular weight excluding hydrogens is 397 g/mol. The average Bonchev–Trinajstić information content (AvgIpc) is 2.55. The number of hydrazone groups is 1. The second-order valence-corrected chi connectivity index (χ2v) is 8.30. The number of benzene rings is 2. The highest BCUT2D eigenvalue weighted by Gasteiger charge is 2.20. The number of halogens is 2. The lowest BCUT2D eigenvalue weighted by Gasteiger charge is -2.21. The van der Waals surface area contributed by atoms with Crippen LogP contribution in [-0.4, -0.2) is 33.3 Å². The molecule has 0 aliphatic rings. The minimum Gasteiger partial charge on any atom is -0.271 e. The minimum absolute atomic E-state index is 0.365. The standard InChI is InChI=1S/C17H17Cl2N3O3S/c1-12-4-3-5-14(8-12)22(26(2,24)25)11-17(23)21-20-10-13-6-7-15(18)16(19)9-13/h3-10H,11H2,1-2H3,(H,21,23)/b20-10-. The highest BCUT2D eigenvalue weighted by Crippen LogP contribution is 2.22. The summed E-state index contributed by atoms with van der Waals surface area (Å²) in [6.07, 6.45) is 2.43. The van der Waals surface area contributed by atoms with E-state index in [-0.39, 0.29) is 6.54 Å². The molecule has 0 spiro atoms. The van der Waals surface area contributed by atoms with Crippen molar-refractivity contribution in [2.75, 3.05) is 17.1 Å². The third kappa shape index (κ3) is 5.72. The van der Waals surface area contributed by atoms with Crippen molar-refractivity contribution < 1.29 is 13.2 Å². The zero-order chi connectivity index (χ0) is 19.3. The maximum absolute atomic E-state index is 12.1. The number of nitrogens with one attached hydrogen (secondary N) is 1. The Morgan fingerprint density at radius 2 is 1.92 bits per heavy atom. The van der Waals surface area contributed by atoms with Crippen LogP contribution in [0.1, 0.15) is 11.1 Å². The minimum atomic E-state index is -3.63. The summed E-state index contributed by atoms with van der Waals surface area (Å²) < 4.78 is 25.1. The first-order chi connectivity index (χ1) is 12.2. The summed E-state index contributed by atoms with van der Waals surface area (Å²) in [5.41, 5.74) is 4.23. The zero-order valence-corrected chi connectivity index (χ0v) is 16.4. The van der Waals surface area contributed by atoms with Crippen LogP contribution < -0.4 is 9.73 Å². The van der Waals surface area contributed by atoms with Gasteiger partial charge in [0.15, 0.2) is 0 Å². The van der Waals surface area contributed by atoms with Gasteiger partial charge in [0.25, 0.3) is 5.91 Å². The van der Waals surface area contributed by atoms with Crippen LogP contribution in [0.5, 0.6) is 0 Å². The summed E-state index contributed by atoms with van der Waals surface area (Å²) in [4.78, 5) is 12.1. The van der Waals surface area contributed by atoms with Crippen LogP contribution in [0.4, 0.5) is 5.69 Å². The molecule has 0 fully saturated rings. The Labute approximate surface area is 162 Å². The van der Waals surface area contributed by atoms with E-state index in [1.165, 1.54) is 6.21 Å². The Hall–Kier alpha value is -2.09. The SMILES string of the molecule is Cc1cccc(N(CC(=O)N/N=C\c2ccc(Cl)c(Cl)c2)S(C)(=O)=O)c1. The molecule has 2 aromatic carbocycles. The molecule has 0 aromatic heterocycles. The number of hydrogen-bond donors (Lipinski definition) is 1. The van der Waals surface area contributed by atoms with Gasteiger partial charge in [-0.3, -0.25) is 9.10 Å². The monoisotopic (exact) mass is 413 g/mol. The Morgan fingerprint density at radius 3 is 2.54 bits per heavy atom.